The van der Waals surface area contributed by atoms with E-state index in [0.29, 0.717) is 36.1 Å². The van der Waals surface area contributed by atoms with Crippen LogP contribution in [0.3, 0.4) is 0 Å². The number of anilines is 1. The number of rotatable bonds is 4. The van der Waals surface area contributed by atoms with Crippen LogP contribution >= 0.6 is 0 Å². The number of benzene rings is 3. The number of piperazine rings is 1. The van der Waals surface area contributed by atoms with Crippen LogP contribution in [0.5, 0.6) is 17.5 Å². The number of phenols is 1. The Bertz CT molecular complexity index is 1840. The fourth-order valence-corrected chi connectivity index (χ4v) is 8.53. The van der Waals surface area contributed by atoms with E-state index >= 15 is 8.78 Å². The molecule has 1 aromatic heterocycles. The molecule has 3 aromatic carbocycles. The topological polar surface area (TPSA) is 83.0 Å². The van der Waals surface area contributed by atoms with Gasteiger partial charge in [0.25, 0.3) is 0 Å². The van der Waals surface area contributed by atoms with Crippen LogP contribution in [0.1, 0.15) is 32.1 Å². The van der Waals surface area contributed by atoms with Crippen molar-refractivity contribution in [3.63, 3.8) is 0 Å². The molecule has 0 radical (unpaired) electrons. The second-order valence-corrected chi connectivity index (χ2v) is 13.0. The highest BCUT2D eigenvalue weighted by atomic mass is 19.1. The molecule has 0 saturated carbocycles. The van der Waals surface area contributed by atoms with Crippen molar-refractivity contribution in [1.82, 2.24) is 20.2 Å². The lowest BCUT2D eigenvalue weighted by atomic mass is 9.95. The normalized spacial score (nSPS) is 29.1. The first-order valence-electron chi connectivity index (χ1n) is 15.5. The van der Waals surface area contributed by atoms with Gasteiger partial charge in [-0.3, -0.25) is 4.90 Å². The molecule has 9 rings (SSSR count). The van der Waals surface area contributed by atoms with Gasteiger partial charge in [0.05, 0.1) is 22.5 Å². The first kappa shape index (κ1) is 26.6. The first-order chi connectivity index (χ1) is 21.4. The van der Waals surface area contributed by atoms with Crippen molar-refractivity contribution in [1.29, 1.82) is 0 Å². The molecule has 4 saturated heterocycles. The average molecular weight is 604 g/mol. The molecule has 0 aliphatic carbocycles. The third-order valence-corrected chi connectivity index (χ3v) is 10.5. The largest absolute Gasteiger partial charge is 0.508 e. The van der Waals surface area contributed by atoms with Crippen molar-refractivity contribution in [3.8, 4) is 28.6 Å². The molecule has 228 valence electrons. The van der Waals surface area contributed by atoms with E-state index < -0.39 is 23.3 Å². The number of halogens is 3. The van der Waals surface area contributed by atoms with Crippen molar-refractivity contribution in [2.45, 2.75) is 61.9 Å². The number of aromatic hydroxyl groups is 1. The molecular weight excluding hydrogens is 571 g/mol. The Balaban J connectivity index is 1.25. The highest BCUT2D eigenvalue weighted by Crippen LogP contribution is 2.48. The average Bonchev–Trinajstić information content (AvgIpc) is 3.64. The lowest BCUT2D eigenvalue weighted by Crippen LogP contribution is -2.60. The van der Waals surface area contributed by atoms with Gasteiger partial charge in [0.1, 0.15) is 36.5 Å². The minimum atomic E-state index is -0.919. The van der Waals surface area contributed by atoms with Gasteiger partial charge >= 0.3 is 6.01 Å². The number of hydrogen-bond donors (Lipinski definition) is 2. The van der Waals surface area contributed by atoms with Gasteiger partial charge in [-0.05, 0) is 60.7 Å². The van der Waals surface area contributed by atoms with E-state index in [-0.39, 0.29) is 70.9 Å². The van der Waals surface area contributed by atoms with Crippen LogP contribution in [-0.4, -0.2) is 82.7 Å². The van der Waals surface area contributed by atoms with Crippen LogP contribution in [0.15, 0.2) is 36.4 Å². The molecule has 5 atom stereocenters. The quantitative estimate of drug-likeness (QED) is 0.334. The van der Waals surface area contributed by atoms with E-state index in [1.54, 1.807) is 30.3 Å². The molecular formula is C33H32F3N5O3. The molecule has 6 heterocycles. The zero-order valence-corrected chi connectivity index (χ0v) is 24.0. The van der Waals surface area contributed by atoms with Crippen LogP contribution in [0, 0.1) is 11.6 Å². The summed E-state index contributed by atoms with van der Waals surface area (Å²) in [6, 6.07) is 10.2. The van der Waals surface area contributed by atoms with Crippen molar-refractivity contribution in [3.05, 3.63) is 48.0 Å². The number of ether oxygens (including phenoxy) is 2. The highest BCUT2D eigenvalue weighted by Gasteiger charge is 2.50. The van der Waals surface area contributed by atoms with E-state index in [1.807, 2.05) is 0 Å². The Morgan fingerprint density at radius 1 is 1.11 bits per heavy atom. The van der Waals surface area contributed by atoms with Crippen LogP contribution in [0.4, 0.5) is 19.0 Å². The smallest absolute Gasteiger partial charge is 0.319 e. The van der Waals surface area contributed by atoms with Gasteiger partial charge in [0, 0.05) is 31.6 Å². The molecule has 44 heavy (non-hydrogen) atoms. The van der Waals surface area contributed by atoms with E-state index in [0.717, 1.165) is 32.2 Å². The number of hydrogen-bond acceptors (Lipinski definition) is 8. The molecule has 2 N–H and O–H groups in total. The minimum absolute atomic E-state index is 0.0225. The van der Waals surface area contributed by atoms with Gasteiger partial charge in [0.2, 0.25) is 0 Å². The van der Waals surface area contributed by atoms with Gasteiger partial charge in [-0.2, -0.15) is 9.97 Å². The fourth-order valence-electron chi connectivity index (χ4n) is 8.53. The van der Waals surface area contributed by atoms with Gasteiger partial charge in [0.15, 0.2) is 17.4 Å². The number of alkyl halides is 1. The Labute approximate surface area is 251 Å². The minimum Gasteiger partial charge on any atom is -0.508 e. The van der Waals surface area contributed by atoms with Crippen molar-refractivity contribution in [2.75, 3.05) is 37.7 Å². The van der Waals surface area contributed by atoms with Crippen LogP contribution < -0.4 is 19.7 Å². The zero-order valence-electron chi connectivity index (χ0n) is 24.0. The number of phenolic OH excluding ortho intramolecular Hbond substituents is 1. The Hall–Kier alpha value is -3.83. The number of nitrogens with zero attached hydrogens (tertiary/aromatic N) is 4. The summed E-state index contributed by atoms with van der Waals surface area (Å²) < 4.78 is 60.5. The predicted octanol–water partition coefficient (Wildman–Crippen LogP) is 5.09. The van der Waals surface area contributed by atoms with Gasteiger partial charge in [-0.15, -0.1) is 0 Å². The Morgan fingerprint density at radius 2 is 2.00 bits per heavy atom. The maximum absolute atomic E-state index is 16.9. The van der Waals surface area contributed by atoms with E-state index in [1.165, 1.54) is 6.07 Å². The molecule has 0 spiro atoms. The third-order valence-electron chi connectivity index (χ3n) is 10.5. The van der Waals surface area contributed by atoms with Crippen molar-refractivity contribution >= 4 is 27.5 Å². The van der Waals surface area contributed by atoms with Gasteiger partial charge in [-0.25, -0.2) is 13.2 Å². The van der Waals surface area contributed by atoms with Crippen molar-refractivity contribution in [2.24, 2.45) is 0 Å². The maximum Gasteiger partial charge on any atom is 0.319 e. The molecule has 2 bridgehead atoms. The predicted molar refractivity (Wildman–Crippen MR) is 159 cm³/mol. The maximum atomic E-state index is 16.9. The lowest BCUT2D eigenvalue weighted by Gasteiger charge is -2.40. The van der Waals surface area contributed by atoms with Gasteiger partial charge < -0.3 is 24.8 Å². The summed E-state index contributed by atoms with van der Waals surface area (Å²) in [5, 5.41) is 15.6. The number of nitrogens with one attached hydrogen (secondary N) is 1. The number of fused-ring (bicyclic) bond motifs is 7. The van der Waals surface area contributed by atoms with Crippen LogP contribution in [0.2, 0.25) is 0 Å². The summed E-state index contributed by atoms with van der Waals surface area (Å²) >= 11 is 0. The lowest BCUT2D eigenvalue weighted by molar-refractivity contribution is 0.107. The summed E-state index contributed by atoms with van der Waals surface area (Å²) in [6.07, 6.45) is 3.17. The van der Waals surface area contributed by atoms with Crippen LogP contribution in [-0.2, 0) is 0 Å². The zero-order chi connectivity index (χ0) is 29.7. The first-order valence-corrected chi connectivity index (χ1v) is 15.5. The molecule has 4 aromatic rings. The highest BCUT2D eigenvalue weighted by molar-refractivity contribution is 6.04. The number of aromatic nitrogens is 2. The Kier molecular flexibility index (Phi) is 5.79. The standard InChI is InChI=1S/C33H32F3N5O3/c34-18-12-33(8-3-9-40(33)13-18)16-44-32-38-29-26-30(43-15-24-23-7-6-19(37-23)14-41(24)31(26)39-32)28(36)25(27(29)35)22-11-20(42)10-17-4-1-2-5-21(17)22/h1-2,4-5,10-11,18-19,23-24,37,42H,3,6-9,12-16H2/t18-,19?,23?,24?,33+/m1/s1. The SMILES string of the molecule is Oc1cc(-c2c(F)c3c4c(nc(OC[C@@]56CCCN5C[C@H](F)C6)nc4c2F)N2CC4CCC(N4)C2CO3)c2ccccc2c1. The molecule has 5 aliphatic heterocycles. The van der Waals surface area contributed by atoms with E-state index in [2.05, 4.69) is 20.1 Å². The van der Waals surface area contributed by atoms with Crippen molar-refractivity contribution < 1.29 is 27.8 Å². The summed E-state index contributed by atoms with van der Waals surface area (Å²) in [7, 11) is 0. The molecule has 4 fully saturated rings. The monoisotopic (exact) mass is 603 g/mol. The Morgan fingerprint density at radius 3 is 2.91 bits per heavy atom. The second-order valence-electron chi connectivity index (χ2n) is 13.0. The molecule has 11 heteroatoms. The molecule has 3 unspecified atom stereocenters. The van der Waals surface area contributed by atoms with Gasteiger partial charge in [-0.1, -0.05) is 24.3 Å². The van der Waals surface area contributed by atoms with E-state index in [9.17, 15) is 9.50 Å². The second kappa shape index (κ2) is 9.58. The summed E-state index contributed by atoms with van der Waals surface area (Å²) in [5.74, 6) is -1.56. The molecule has 8 nitrogen and oxygen atoms in total. The van der Waals surface area contributed by atoms with E-state index in [4.69, 9.17) is 14.5 Å². The summed E-state index contributed by atoms with van der Waals surface area (Å²) in [5.41, 5.74) is -0.676. The third kappa shape index (κ3) is 3.84. The summed E-state index contributed by atoms with van der Waals surface area (Å²) in [4.78, 5) is 13.6. The molecule has 5 aliphatic rings. The molecule has 0 amide bonds. The summed E-state index contributed by atoms with van der Waals surface area (Å²) in [6.45, 7) is 2.18. The fraction of sp³-hybridized carbons (Fsp3) is 0.455. The van der Waals surface area contributed by atoms with Crippen LogP contribution in [0.25, 0.3) is 32.8 Å².